The number of hydrogen-bond acceptors (Lipinski definition) is 5. The molecule has 8 heteroatoms. The lowest BCUT2D eigenvalue weighted by Crippen LogP contribution is -3.15. The van der Waals surface area contributed by atoms with Crippen LogP contribution in [0.4, 0.5) is 5.69 Å². The smallest absolute Gasteiger partial charge is 0.313 e. The van der Waals surface area contributed by atoms with Crippen molar-refractivity contribution in [2.45, 2.75) is 19.9 Å². The molecule has 2 aromatic rings. The van der Waals surface area contributed by atoms with E-state index >= 15 is 0 Å². The van der Waals surface area contributed by atoms with E-state index in [1.807, 2.05) is 50.2 Å². The van der Waals surface area contributed by atoms with Gasteiger partial charge in [-0.05, 0) is 55.3 Å². The van der Waals surface area contributed by atoms with Crippen LogP contribution in [0, 0.1) is 13.8 Å². The van der Waals surface area contributed by atoms with Crippen molar-refractivity contribution in [3.05, 3.63) is 53.1 Å². The van der Waals surface area contributed by atoms with Gasteiger partial charge in [0.25, 0.3) is 0 Å². The lowest BCUT2D eigenvalue weighted by Gasteiger charge is -2.32. The first-order chi connectivity index (χ1) is 15.0. The van der Waals surface area contributed by atoms with Gasteiger partial charge in [-0.1, -0.05) is 6.07 Å². The van der Waals surface area contributed by atoms with Gasteiger partial charge < -0.3 is 29.7 Å². The molecule has 1 saturated heterocycles. The number of rotatable bonds is 5. The Morgan fingerprint density at radius 2 is 1.68 bits per heavy atom. The predicted octanol–water partition coefficient (Wildman–Crippen LogP) is 0.743. The Balaban J connectivity index is 1.44. The molecule has 1 atom stereocenters. The number of morpholine rings is 1. The highest BCUT2D eigenvalue weighted by molar-refractivity contribution is 6.39. The number of quaternary nitrogens is 1. The molecule has 164 valence electrons. The number of carbonyl (C=O) groups excluding carboxylic acids is 2. The van der Waals surface area contributed by atoms with Crippen molar-refractivity contribution in [3.63, 3.8) is 0 Å². The summed E-state index contributed by atoms with van der Waals surface area (Å²) < 4.78 is 16.4. The van der Waals surface area contributed by atoms with E-state index in [9.17, 15) is 9.59 Å². The Morgan fingerprint density at radius 3 is 2.42 bits per heavy atom. The number of ether oxygens (including phenoxy) is 3. The summed E-state index contributed by atoms with van der Waals surface area (Å²) in [7, 11) is 0. The molecule has 2 amide bonds. The first kappa shape index (κ1) is 21.1. The molecular formula is C23H28N3O5+. The van der Waals surface area contributed by atoms with E-state index in [1.165, 1.54) is 4.90 Å². The van der Waals surface area contributed by atoms with E-state index < -0.39 is 11.8 Å². The molecule has 0 aromatic heterocycles. The molecule has 2 heterocycles. The fourth-order valence-electron chi connectivity index (χ4n) is 4.12. The second-order valence-corrected chi connectivity index (χ2v) is 7.98. The van der Waals surface area contributed by atoms with Gasteiger partial charge in [0.2, 0.25) is 6.79 Å². The maximum atomic E-state index is 12.5. The molecule has 0 aliphatic carbocycles. The van der Waals surface area contributed by atoms with E-state index in [2.05, 4.69) is 10.6 Å². The molecule has 0 radical (unpaired) electrons. The summed E-state index contributed by atoms with van der Waals surface area (Å²) in [5.41, 5.74) is 3.68. The fraction of sp³-hybridized carbons (Fsp3) is 0.391. The Labute approximate surface area is 181 Å². The van der Waals surface area contributed by atoms with E-state index in [0.29, 0.717) is 31.2 Å². The van der Waals surface area contributed by atoms with Gasteiger partial charge in [-0.25, -0.2) is 0 Å². The number of anilines is 1. The first-order valence-electron chi connectivity index (χ1n) is 10.5. The van der Waals surface area contributed by atoms with Crippen molar-refractivity contribution < 1.29 is 28.7 Å². The minimum Gasteiger partial charge on any atom is -0.454 e. The summed E-state index contributed by atoms with van der Waals surface area (Å²) in [5, 5.41) is 5.50. The van der Waals surface area contributed by atoms with E-state index in [1.54, 1.807) is 0 Å². The zero-order valence-corrected chi connectivity index (χ0v) is 17.8. The van der Waals surface area contributed by atoms with Crippen LogP contribution < -0.4 is 25.0 Å². The number of carbonyl (C=O) groups is 2. The number of amides is 2. The highest BCUT2D eigenvalue weighted by Crippen LogP contribution is 2.33. The molecular weight excluding hydrogens is 398 g/mol. The van der Waals surface area contributed by atoms with E-state index in [0.717, 1.165) is 35.5 Å². The van der Waals surface area contributed by atoms with Crippen LogP contribution >= 0.6 is 0 Å². The van der Waals surface area contributed by atoms with E-state index in [-0.39, 0.29) is 12.8 Å². The maximum absolute atomic E-state index is 12.5. The van der Waals surface area contributed by atoms with Crippen molar-refractivity contribution in [1.29, 1.82) is 0 Å². The lowest BCUT2D eigenvalue weighted by atomic mass is 10.0. The van der Waals surface area contributed by atoms with Crippen molar-refractivity contribution in [2.24, 2.45) is 0 Å². The Hall–Kier alpha value is -3.10. The van der Waals surface area contributed by atoms with Crippen LogP contribution in [-0.4, -0.2) is 51.5 Å². The zero-order chi connectivity index (χ0) is 21.8. The van der Waals surface area contributed by atoms with Gasteiger partial charge in [-0.15, -0.1) is 0 Å². The van der Waals surface area contributed by atoms with Gasteiger partial charge in [-0.2, -0.15) is 0 Å². The topological polar surface area (TPSA) is 90.3 Å². The van der Waals surface area contributed by atoms with Crippen molar-refractivity contribution in [3.8, 4) is 11.5 Å². The second-order valence-electron chi connectivity index (χ2n) is 7.98. The van der Waals surface area contributed by atoms with Gasteiger partial charge in [0.15, 0.2) is 11.5 Å². The quantitative estimate of drug-likeness (QED) is 0.614. The molecule has 0 unspecified atom stereocenters. The summed E-state index contributed by atoms with van der Waals surface area (Å²) in [5.74, 6) is 0.0920. The summed E-state index contributed by atoms with van der Waals surface area (Å²) in [6.45, 7) is 7.41. The number of benzene rings is 2. The largest absolute Gasteiger partial charge is 0.454 e. The van der Waals surface area contributed by atoms with Gasteiger partial charge in [0.1, 0.15) is 19.1 Å². The molecule has 2 aliphatic heterocycles. The Morgan fingerprint density at radius 1 is 0.968 bits per heavy atom. The van der Waals surface area contributed by atoms with Crippen LogP contribution in [0.3, 0.4) is 0 Å². The molecule has 0 bridgehead atoms. The molecule has 31 heavy (non-hydrogen) atoms. The average molecular weight is 426 g/mol. The SMILES string of the molecule is Cc1cc(C)cc(NC(=O)C(=O)NC[C@H](c2ccc3c(c2)OCO3)[NH+]2CCOCC2)c1. The molecule has 0 saturated carbocycles. The third kappa shape index (κ3) is 5.15. The van der Waals surface area contributed by atoms with Crippen LogP contribution in [0.1, 0.15) is 22.7 Å². The Kier molecular flexibility index (Phi) is 6.39. The standard InChI is InChI=1S/C23H27N3O5/c1-15-9-16(2)11-18(10-15)25-23(28)22(27)24-13-19(26-5-7-29-8-6-26)17-3-4-20-21(12-17)31-14-30-20/h3-4,9-12,19H,5-8,13-14H2,1-2H3,(H,24,27)(H,25,28)/p+1/t19-/m1/s1. The summed E-state index contributed by atoms with van der Waals surface area (Å²) in [4.78, 5) is 26.2. The number of hydrogen-bond donors (Lipinski definition) is 3. The lowest BCUT2D eigenvalue weighted by molar-refractivity contribution is -0.937. The zero-order valence-electron chi connectivity index (χ0n) is 17.8. The third-order valence-electron chi connectivity index (χ3n) is 5.58. The minimum absolute atomic E-state index is 0.0311. The van der Waals surface area contributed by atoms with Crippen LogP contribution in [0.5, 0.6) is 11.5 Å². The molecule has 4 rings (SSSR count). The van der Waals surface area contributed by atoms with Gasteiger partial charge in [0, 0.05) is 11.3 Å². The summed E-state index contributed by atoms with van der Waals surface area (Å²) in [6.07, 6.45) is 0. The predicted molar refractivity (Wildman–Crippen MR) is 114 cm³/mol. The Bertz CT molecular complexity index is 951. The van der Waals surface area contributed by atoms with Crippen molar-refractivity contribution in [1.82, 2.24) is 5.32 Å². The van der Waals surface area contributed by atoms with Crippen LogP contribution in [0.2, 0.25) is 0 Å². The summed E-state index contributed by atoms with van der Waals surface area (Å²) >= 11 is 0. The van der Waals surface area contributed by atoms with Crippen molar-refractivity contribution in [2.75, 3.05) is 45.0 Å². The van der Waals surface area contributed by atoms with Crippen LogP contribution in [0.15, 0.2) is 36.4 Å². The van der Waals surface area contributed by atoms with Gasteiger partial charge in [-0.3, -0.25) is 9.59 Å². The molecule has 3 N–H and O–H groups in total. The first-order valence-corrected chi connectivity index (χ1v) is 10.5. The third-order valence-corrected chi connectivity index (χ3v) is 5.58. The molecule has 2 aliphatic rings. The van der Waals surface area contributed by atoms with Crippen molar-refractivity contribution >= 4 is 17.5 Å². The number of fused-ring (bicyclic) bond motifs is 1. The van der Waals surface area contributed by atoms with Gasteiger partial charge in [0.05, 0.1) is 19.8 Å². The van der Waals surface area contributed by atoms with Crippen LogP contribution in [-0.2, 0) is 14.3 Å². The maximum Gasteiger partial charge on any atom is 0.313 e. The molecule has 8 nitrogen and oxygen atoms in total. The van der Waals surface area contributed by atoms with Crippen LogP contribution in [0.25, 0.3) is 0 Å². The average Bonchev–Trinajstić information content (AvgIpc) is 3.22. The molecule has 1 fully saturated rings. The summed E-state index contributed by atoms with van der Waals surface area (Å²) in [6, 6.07) is 11.5. The number of nitrogens with one attached hydrogen (secondary N) is 3. The number of aryl methyl sites for hydroxylation is 2. The highest BCUT2D eigenvalue weighted by Gasteiger charge is 2.29. The van der Waals surface area contributed by atoms with Gasteiger partial charge >= 0.3 is 11.8 Å². The molecule has 0 spiro atoms. The van der Waals surface area contributed by atoms with E-state index in [4.69, 9.17) is 14.2 Å². The highest BCUT2D eigenvalue weighted by atomic mass is 16.7. The normalized spacial score (nSPS) is 16.6. The second kappa shape index (κ2) is 9.36. The molecule has 2 aromatic carbocycles. The minimum atomic E-state index is -0.675. The monoisotopic (exact) mass is 426 g/mol. The fourth-order valence-corrected chi connectivity index (χ4v) is 4.12.